The molecule has 1 heterocycles. The molecule has 2 aromatic rings. The van der Waals surface area contributed by atoms with E-state index < -0.39 is 11.9 Å². The van der Waals surface area contributed by atoms with E-state index in [0.717, 1.165) is 19.6 Å². The SMILES string of the molecule is Cc1ccc(CNCc2cc(C)n(CC(C)C)c2C)cc1.O=C(O)C(=O)O. The van der Waals surface area contributed by atoms with Crippen molar-refractivity contribution in [1.82, 2.24) is 9.88 Å². The van der Waals surface area contributed by atoms with E-state index in [0.29, 0.717) is 5.92 Å². The lowest BCUT2D eigenvalue weighted by Gasteiger charge is -2.12. The van der Waals surface area contributed by atoms with Crippen molar-refractivity contribution in [2.75, 3.05) is 0 Å². The minimum Gasteiger partial charge on any atom is -0.473 e. The molecule has 6 nitrogen and oxygen atoms in total. The van der Waals surface area contributed by atoms with Crippen LogP contribution in [-0.4, -0.2) is 26.7 Å². The van der Waals surface area contributed by atoms with E-state index in [1.807, 2.05) is 0 Å². The zero-order valence-corrected chi connectivity index (χ0v) is 16.7. The average molecular weight is 374 g/mol. The van der Waals surface area contributed by atoms with Gasteiger partial charge in [0.1, 0.15) is 0 Å². The Balaban J connectivity index is 0.000000527. The first-order valence-corrected chi connectivity index (χ1v) is 8.99. The summed E-state index contributed by atoms with van der Waals surface area (Å²) in [6.07, 6.45) is 0. The minimum atomic E-state index is -1.82. The van der Waals surface area contributed by atoms with Crippen molar-refractivity contribution in [2.24, 2.45) is 5.92 Å². The lowest BCUT2D eigenvalue weighted by atomic mass is 10.1. The molecule has 0 aliphatic heterocycles. The number of rotatable bonds is 6. The quantitative estimate of drug-likeness (QED) is 0.673. The van der Waals surface area contributed by atoms with Crippen LogP contribution in [0.5, 0.6) is 0 Å². The third kappa shape index (κ3) is 7.66. The van der Waals surface area contributed by atoms with Gasteiger partial charge in [0.2, 0.25) is 0 Å². The molecule has 0 atom stereocenters. The summed E-state index contributed by atoms with van der Waals surface area (Å²) in [6, 6.07) is 11.1. The van der Waals surface area contributed by atoms with Crippen LogP contribution in [0, 0.1) is 26.7 Å². The number of aromatic nitrogens is 1. The molecule has 0 bridgehead atoms. The topological polar surface area (TPSA) is 91.6 Å². The lowest BCUT2D eigenvalue weighted by Crippen LogP contribution is -2.14. The van der Waals surface area contributed by atoms with Crippen molar-refractivity contribution in [3.63, 3.8) is 0 Å². The number of hydrogen-bond donors (Lipinski definition) is 3. The number of nitrogens with one attached hydrogen (secondary N) is 1. The molecule has 0 unspecified atom stereocenters. The molecule has 0 radical (unpaired) electrons. The number of hydrogen-bond acceptors (Lipinski definition) is 3. The van der Waals surface area contributed by atoms with E-state index in [2.05, 4.69) is 74.8 Å². The highest BCUT2D eigenvalue weighted by atomic mass is 16.4. The number of carboxylic acid groups (broad SMARTS) is 2. The maximum Gasteiger partial charge on any atom is 0.414 e. The van der Waals surface area contributed by atoms with Crippen molar-refractivity contribution in [2.45, 2.75) is 54.3 Å². The number of nitrogens with zero attached hydrogens (tertiary/aromatic N) is 1. The monoisotopic (exact) mass is 374 g/mol. The normalized spacial score (nSPS) is 10.4. The number of carboxylic acids is 2. The van der Waals surface area contributed by atoms with Crippen LogP contribution in [0.2, 0.25) is 0 Å². The molecule has 0 fully saturated rings. The Hall–Kier alpha value is -2.60. The Bertz CT molecular complexity index is 749. The largest absolute Gasteiger partial charge is 0.473 e. The van der Waals surface area contributed by atoms with Gasteiger partial charge in [0.15, 0.2) is 0 Å². The zero-order chi connectivity index (χ0) is 20.6. The fourth-order valence-electron chi connectivity index (χ4n) is 2.74. The minimum absolute atomic E-state index is 0.683. The Kier molecular flexibility index (Phi) is 8.75. The Morgan fingerprint density at radius 1 is 1.00 bits per heavy atom. The number of aryl methyl sites for hydroxylation is 2. The van der Waals surface area contributed by atoms with Gasteiger partial charge in [-0.05, 0) is 43.9 Å². The van der Waals surface area contributed by atoms with Gasteiger partial charge in [-0.2, -0.15) is 0 Å². The highest BCUT2D eigenvalue weighted by Crippen LogP contribution is 2.17. The molecule has 1 aromatic heterocycles. The van der Waals surface area contributed by atoms with E-state index in [-0.39, 0.29) is 0 Å². The molecule has 0 aliphatic rings. The van der Waals surface area contributed by atoms with Gasteiger partial charge in [-0.25, -0.2) is 9.59 Å². The summed E-state index contributed by atoms with van der Waals surface area (Å²) in [5.74, 6) is -2.96. The first-order valence-electron chi connectivity index (χ1n) is 8.99. The maximum absolute atomic E-state index is 9.10. The number of aliphatic carboxylic acids is 2. The fourth-order valence-corrected chi connectivity index (χ4v) is 2.74. The third-order valence-electron chi connectivity index (χ3n) is 4.17. The summed E-state index contributed by atoms with van der Waals surface area (Å²) in [4.78, 5) is 18.2. The second kappa shape index (κ2) is 10.5. The molecule has 1 aromatic carbocycles. The molecular weight excluding hydrogens is 344 g/mol. The van der Waals surface area contributed by atoms with Gasteiger partial charge in [0.05, 0.1) is 0 Å². The molecule has 3 N–H and O–H groups in total. The smallest absolute Gasteiger partial charge is 0.414 e. The molecule has 2 rings (SSSR count). The van der Waals surface area contributed by atoms with Crippen LogP contribution in [0.15, 0.2) is 30.3 Å². The highest BCUT2D eigenvalue weighted by Gasteiger charge is 2.09. The summed E-state index contributed by atoms with van der Waals surface area (Å²) < 4.78 is 2.44. The molecule has 0 saturated carbocycles. The van der Waals surface area contributed by atoms with Gasteiger partial charge >= 0.3 is 11.9 Å². The van der Waals surface area contributed by atoms with Crippen LogP contribution in [0.3, 0.4) is 0 Å². The predicted octanol–water partition coefficient (Wildman–Crippen LogP) is 3.51. The van der Waals surface area contributed by atoms with Crippen LogP contribution in [0.1, 0.15) is 41.9 Å². The third-order valence-corrected chi connectivity index (χ3v) is 4.17. The van der Waals surface area contributed by atoms with Crippen LogP contribution in [0.25, 0.3) is 0 Å². The van der Waals surface area contributed by atoms with E-state index in [4.69, 9.17) is 19.8 Å². The van der Waals surface area contributed by atoms with Gasteiger partial charge in [-0.1, -0.05) is 43.7 Å². The van der Waals surface area contributed by atoms with E-state index in [1.54, 1.807) is 0 Å². The van der Waals surface area contributed by atoms with Gasteiger partial charge < -0.3 is 20.1 Å². The molecule has 0 spiro atoms. The van der Waals surface area contributed by atoms with Gasteiger partial charge in [-0.15, -0.1) is 0 Å². The second-order valence-electron chi connectivity index (χ2n) is 7.10. The van der Waals surface area contributed by atoms with Gasteiger partial charge in [0.25, 0.3) is 0 Å². The fraction of sp³-hybridized carbons (Fsp3) is 0.429. The molecule has 0 saturated heterocycles. The maximum atomic E-state index is 9.10. The van der Waals surface area contributed by atoms with Crippen LogP contribution < -0.4 is 5.32 Å². The van der Waals surface area contributed by atoms with Crippen LogP contribution >= 0.6 is 0 Å². The Morgan fingerprint density at radius 3 is 2.04 bits per heavy atom. The van der Waals surface area contributed by atoms with Crippen molar-refractivity contribution in [1.29, 1.82) is 0 Å². The molecule has 6 heteroatoms. The van der Waals surface area contributed by atoms with E-state index in [9.17, 15) is 0 Å². The average Bonchev–Trinajstić information content (AvgIpc) is 2.84. The number of benzene rings is 1. The van der Waals surface area contributed by atoms with Crippen LogP contribution in [-0.2, 0) is 29.2 Å². The van der Waals surface area contributed by atoms with Crippen molar-refractivity contribution in [3.05, 3.63) is 58.4 Å². The molecule has 0 amide bonds. The van der Waals surface area contributed by atoms with Crippen molar-refractivity contribution < 1.29 is 19.8 Å². The summed E-state index contributed by atoms with van der Waals surface area (Å²) >= 11 is 0. The Labute approximate surface area is 160 Å². The van der Waals surface area contributed by atoms with Crippen molar-refractivity contribution in [3.8, 4) is 0 Å². The molecule has 27 heavy (non-hydrogen) atoms. The molecule has 148 valence electrons. The summed E-state index contributed by atoms with van der Waals surface area (Å²) in [5.41, 5.74) is 6.85. The first kappa shape index (κ1) is 22.4. The lowest BCUT2D eigenvalue weighted by molar-refractivity contribution is -0.159. The van der Waals surface area contributed by atoms with Crippen molar-refractivity contribution >= 4 is 11.9 Å². The standard InChI is InChI=1S/C19H28N2.C2H2O4/c1-14(2)13-21-16(4)10-19(17(21)5)12-20-11-18-8-6-15(3)7-9-18;3-1(4)2(5)6/h6-10,14,20H,11-13H2,1-5H3;(H,3,4)(H,5,6). The van der Waals surface area contributed by atoms with E-state index >= 15 is 0 Å². The highest BCUT2D eigenvalue weighted by molar-refractivity contribution is 6.27. The summed E-state index contributed by atoms with van der Waals surface area (Å²) in [7, 11) is 0. The summed E-state index contributed by atoms with van der Waals surface area (Å²) in [6.45, 7) is 14.1. The predicted molar refractivity (Wildman–Crippen MR) is 106 cm³/mol. The Morgan fingerprint density at radius 2 is 1.56 bits per heavy atom. The van der Waals surface area contributed by atoms with Crippen LogP contribution in [0.4, 0.5) is 0 Å². The molecule has 0 aliphatic carbocycles. The van der Waals surface area contributed by atoms with Gasteiger partial charge in [-0.3, -0.25) is 0 Å². The molecular formula is C21H30N2O4. The van der Waals surface area contributed by atoms with Gasteiger partial charge in [0, 0.05) is 31.0 Å². The zero-order valence-electron chi connectivity index (χ0n) is 16.7. The second-order valence-corrected chi connectivity index (χ2v) is 7.10. The van der Waals surface area contributed by atoms with E-state index in [1.165, 1.54) is 28.1 Å². The first-order chi connectivity index (χ1) is 12.6. The summed E-state index contributed by atoms with van der Waals surface area (Å²) in [5, 5.41) is 18.3. The number of carbonyl (C=O) groups is 2.